The molecule has 0 saturated heterocycles. The molecule has 0 bridgehead atoms. The molecular weight excluding hydrogens is 208 g/mol. The Kier molecular flexibility index (Phi) is 6.87. The number of pyridine rings is 1. The zero-order valence-corrected chi connectivity index (χ0v) is 11.4. The van der Waals surface area contributed by atoms with Crippen molar-refractivity contribution < 1.29 is 0 Å². The molecule has 1 N–H and O–H groups in total. The second kappa shape index (κ2) is 8.24. The van der Waals surface area contributed by atoms with Gasteiger partial charge in [-0.2, -0.15) is 0 Å². The minimum atomic E-state index is 0.566. The molecule has 0 saturated carbocycles. The highest BCUT2D eigenvalue weighted by Crippen LogP contribution is 2.15. The molecule has 0 spiro atoms. The van der Waals surface area contributed by atoms with Gasteiger partial charge in [-0.1, -0.05) is 39.7 Å². The Balaban J connectivity index is 2.48. The molecule has 2 atom stereocenters. The van der Waals surface area contributed by atoms with E-state index in [9.17, 15) is 0 Å². The third-order valence-corrected chi connectivity index (χ3v) is 3.14. The first-order valence-corrected chi connectivity index (χ1v) is 6.89. The van der Waals surface area contributed by atoms with Crippen LogP contribution >= 0.6 is 0 Å². The molecule has 0 aliphatic heterocycles. The molecule has 1 aromatic heterocycles. The van der Waals surface area contributed by atoms with Crippen molar-refractivity contribution in [2.75, 3.05) is 6.54 Å². The van der Waals surface area contributed by atoms with Gasteiger partial charge in [0, 0.05) is 24.4 Å². The summed E-state index contributed by atoms with van der Waals surface area (Å²) < 4.78 is 0. The first kappa shape index (κ1) is 14.2. The van der Waals surface area contributed by atoms with Crippen molar-refractivity contribution in [2.45, 2.75) is 52.5 Å². The van der Waals surface area contributed by atoms with Crippen molar-refractivity contribution in [1.82, 2.24) is 10.3 Å². The molecule has 1 aromatic rings. The van der Waals surface area contributed by atoms with Crippen molar-refractivity contribution in [3.05, 3.63) is 30.1 Å². The van der Waals surface area contributed by atoms with Gasteiger partial charge in [0.1, 0.15) is 0 Å². The summed E-state index contributed by atoms with van der Waals surface area (Å²) in [7, 11) is 0. The number of hydrogen-bond acceptors (Lipinski definition) is 2. The molecule has 17 heavy (non-hydrogen) atoms. The monoisotopic (exact) mass is 234 g/mol. The number of nitrogens with one attached hydrogen (secondary N) is 1. The lowest BCUT2D eigenvalue weighted by Gasteiger charge is -2.21. The van der Waals surface area contributed by atoms with Crippen LogP contribution in [0.15, 0.2) is 24.4 Å². The van der Waals surface area contributed by atoms with Gasteiger partial charge in [0.25, 0.3) is 0 Å². The molecule has 2 unspecified atom stereocenters. The fraction of sp³-hybridized carbons (Fsp3) is 0.667. The van der Waals surface area contributed by atoms with Crippen LogP contribution in [-0.4, -0.2) is 17.6 Å². The Morgan fingerprint density at radius 3 is 2.71 bits per heavy atom. The Morgan fingerprint density at radius 2 is 2.12 bits per heavy atom. The van der Waals surface area contributed by atoms with Gasteiger partial charge in [0.15, 0.2) is 0 Å². The Labute approximate surface area is 106 Å². The van der Waals surface area contributed by atoms with E-state index in [4.69, 9.17) is 0 Å². The number of nitrogens with zero attached hydrogens (tertiary/aromatic N) is 1. The summed E-state index contributed by atoms with van der Waals surface area (Å²) in [5, 5.41) is 3.58. The maximum absolute atomic E-state index is 4.41. The molecule has 2 heteroatoms. The second-order valence-electron chi connectivity index (χ2n) is 4.91. The molecule has 0 amide bonds. The van der Waals surface area contributed by atoms with Crippen LogP contribution in [0.2, 0.25) is 0 Å². The normalized spacial score (nSPS) is 14.5. The van der Waals surface area contributed by atoms with Gasteiger partial charge >= 0.3 is 0 Å². The summed E-state index contributed by atoms with van der Waals surface area (Å²) in [6.07, 6.45) is 6.78. The smallest absolute Gasteiger partial charge is 0.0419 e. The maximum Gasteiger partial charge on any atom is 0.0419 e. The predicted octanol–water partition coefficient (Wildman–Crippen LogP) is 3.43. The third kappa shape index (κ3) is 5.83. The largest absolute Gasteiger partial charge is 0.314 e. The number of hydrogen-bond donors (Lipinski definition) is 1. The van der Waals surface area contributed by atoms with Crippen molar-refractivity contribution in [3.8, 4) is 0 Å². The molecule has 2 nitrogen and oxygen atoms in total. The summed E-state index contributed by atoms with van der Waals surface area (Å²) >= 11 is 0. The van der Waals surface area contributed by atoms with Crippen molar-refractivity contribution in [3.63, 3.8) is 0 Å². The topological polar surface area (TPSA) is 24.9 Å². The Morgan fingerprint density at radius 1 is 1.29 bits per heavy atom. The fourth-order valence-electron chi connectivity index (χ4n) is 2.40. The molecule has 1 heterocycles. The van der Waals surface area contributed by atoms with Crippen LogP contribution in [-0.2, 0) is 6.42 Å². The lowest BCUT2D eigenvalue weighted by molar-refractivity contribution is 0.384. The minimum absolute atomic E-state index is 0.566. The average Bonchev–Trinajstić information content (AvgIpc) is 2.31. The summed E-state index contributed by atoms with van der Waals surface area (Å²) in [6, 6.07) is 6.73. The lowest BCUT2D eigenvalue weighted by atomic mass is 9.94. The van der Waals surface area contributed by atoms with E-state index in [0.29, 0.717) is 6.04 Å². The van der Waals surface area contributed by atoms with Crippen LogP contribution in [0.4, 0.5) is 0 Å². The average molecular weight is 234 g/mol. The molecule has 0 aliphatic carbocycles. The summed E-state index contributed by atoms with van der Waals surface area (Å²) in [6.45, 7) is 7.83. The first-order valence-electron chi connectivity index (χ1n) is 6.89. The van der Waals surface area contributed by atoms with Crippen molar-refractivity contribution in [2.24, 2.45) is 5.92 Å². The van der Waals surface area contributed by atoms with E-state index in [0.717, 1.165) is 18.9 Å². The van der Waals surface area contributed by atoms with Crippen LogP contribution < -0.4 is 5.32 Å². The second-order valence-corrected chi connectivity index (χ2v) is 4.91. The SMILES string of the molecule is CCCC(C)CC(Cc1ccccn1)NCC. The molecule has 0 aromatic carbocycles. The summed E-state index contributed by atoms with van der Waals surface area (Å²) in [5.74, 6) is 0.799. The van der Waals surface area contributed by atoms with E-state index in [-0.39, 0.29) is 0 Å². The molecule has 0 aliphatic rings. The Hall–Kier alpha value is -0.890. The van der Waals surface area contributed by atoms with E-state index in [2.05, 4.69) is 43.2 Å². The van der Waals surface area contributed by atoms with Gasteiger partial charge in [0.05, 0.1) is 0 Å². The molecule has 96 valence electrons. The highest BCUT2D eigenvalue weighted by molar-refractivity contribution is 5.05. The third-order valence-electron chi connectivity index (χ3n) is 3.14. The van der Waals surface area contributed by atoms with Crippen molar-refractivity contribution in [1.29, 1.82) is 0 Å². The van der Waals surface area contributed by atoms with Crippen LogP contribution in [0, 0.1) is 5.92 Å². The zero-order chi connectivity index (χ0) is 12.5. The van der Waals surface area contributed by atoms with E-state index >= 15 is 0 Å². The zero-order valence-electron chi connectivity index (χ0n) is 11.4. The number of likely N-dealkylation sites (N-methyl/N-ethyl adjacent to an activating group) is 1. The van der Waals surface area contributed by atoms with Crippen LogP contribution in [0.1, 0.15) is 45.7 Å². The number of aromatic nitrogens is 1. The van der Waals surface area contributed by atoms with E-state index in [1.807, 2.05) is 12.3 Å². The molecular formula is C15H26N2. The van der Waals surface area contributed by atoms with Gasteiger partial charge in [-0.25, -0.2) is 0 Å². The van der Waals surface area contributed by atoms with Crippen LogP contribution in [0.25, 0.3) is 0 Å². The molecule has 0 radical (unpaired) electrons. The van der Waals surface area contributed by atoms with Crippen molar-refractivity contribution >= 4 is 0 Å². The summed E-state index contributed by atoms with van der Waals surface area (Å²) in [4.78, 5) is 4.41. The van der Waals surface area contributed by atoms with E-state index in [1.54, 1.807) is 0 Å². The van der Waals surface area contributed by atoms with Crippen LogP contribution in [0.5, 0.6) is 0 Å². The van der Waals surface area contributed by atoms with Crippen LogP contribution in [0.3, 0.4) is 0 Å². The quantitative estimate of drug-likeness (QED) is 0.745. The lowest BCUT2D eigenvalue weighted by Crippen LogP contribution is -2.32. The number of rotatable bonds is 8. The summed E-state index contributed by atoms with van der Waals surface area (Å²) in [5.41, 5.74) is 1.20. The van der Waals surface area contributed by atoms with Gasteiger partial charge in [-0.15, -0.1) is 0 Å². The fourth-order valence-corrected chi connectivity index (χ4v) is 2.40. The minimum Gasteiger partial charge on any atom is -0.314 e. The Bertz CT molecular complexity index is 284. The van der Waals surface area contributed by atoms with Gasteiger partial charge in [-0.05, 0) is 31.0 Å². The molecule has 0 fully saturated rings. The maximum atomic E-state index is 4.41. The highest BCUT2D eigenvalue weighted by Gasteiger charge is 2.12. The molecule has 1 rings (SSSR count). The standard InChI is InChI=1S/C15H26N2/c1-4-8-13(3)11-15(16-5-2)12-14-9-6-7-10-17-14/h6-7,9-10,13,15-16H,4-5,8,11-12H2,1-3H3. The van der Waals surface area contributed by atoms with E-state index in [1.165, 1.54) is 25.0 Å². The van der Waals surface area contributed by atoms with Gasteiger partial charge < -0.3 is 5.32 Å². The van der Waals surface area contributed by atoms with Gasteiger partial charge in [-0.3, -0.25) is 4.98 Å². The van der Waals surface area contributed by atoms with E-state index < -0.39 is 0 Å². The first-order chi connectivity index (χ1) is 8.26. The van der Waals surface area contributed by atoms with Gasteiger partial charge in [0.2, 0.25) is 0 Å². The predicted molar refractivity (Wildman–Crippen MR) is 74.1 cm³/mol. The highest BCUT2D eigenvalue weighted by atomic mass is 14.9.